The molecule has 1 aromatic carbocycles. The summed E-state index contributed by atoms with van der Waals surface area (Å²) in [7, 11) is 0. The van der Waals surface area contributed by atoms with Gasteiger partial charge in [-0.1, -0.05) is 17.7 Å². The molecular formula is C15H10ClN7S. The quantitative estimate of drug-likeness (QED) is 0.540. The maximum atomic E-state index is 6.03. The summed E-state index contributed by atoms with van der Waals surface area (Å²) in [6, 6.07) is 7.39. The Balaban J connectivity index is 1.74. The highest BCUT2D eigenvalue weighted by atomic mass is 35.5. The molecule has 4 aromatic rings. The highest BCUT2D eigenvalue weighted by Crippen LogP contribution is 2.30. The van der Waals surface area contributed by atoms with E-state index in [1.165, 1.54) is 17.7 Å². The monoisotopic (exact) mass is 355 g/mol. The fraction of sp³-hybridized carbons (Fsp3) is 0. The molecule has 0 bridgehead atoms. The number of hydrogen-bond acceptors (Lipinski definition) is 7. The number of aliphatic imine (C=N–C) groups is 1. The number of H-pyrrole nitrogens is 1. The molecule has 9 heteroatoms. The molecule has 0 amide bonds. The lowest BCUT2D eigenvalue weighted by molar-refractivity contribution is 1.08. The number of nitrogens with zero attached hydrogens (tertiary/aromatic N) is 5. The Kier molecular flexibility index (Phi) is 3.89. The molecule has 4 rings (SSSR count). The number of aromatic amines is 1. The number of anilines is 2. The van der Waals surface area contributed by atoms with Crippen LogP contribution in [0.3, 0.4) is 0 Å². The summed E-state index contributed by atoms with van der Waals surface area (Å²) in [5, 5.41) is 14.3. The zero-order valence-corrected chi connectivity index (χ0v) is 13.7. The zero-order valence-electron chi connectivity index (χ0n) is 12.1. The first kappa shape index (κ1) is 14.7. The van der Waals surface area contributed by atoms with Crippen LogP contribution < -0.4 is 5.32 Å². The summed E-state index contributed by atoms with van der Waals surface area (Å²) >= 11 is 7.52. The van der Waals surface area contributed by atoms with Gasteiger partial charge in [0.25, 0.3) is 0 Å². The molecule has 24 heavy (non-hydrogen) atoms. The fourth-order valence-corrected chi connectivity index (χ4v) is 2.84. The molecule has 0 fully saturated rings. The number of aromatic nitrogens is 5. The van der Waals surface area contributed by atoms with Crippen LogP contribution in [0.2, 0.25) is 5.02 Å². The van der Waals surface area contributed by atoms with Crippen molar-refractivity contribution in [2.24, 2.45) is 4.99 Å². The van der Waals surface area contributed by atoms with Crippen LogP contribution >= 0.6 is 22.9 Å². The van der Waals surface area contributed by atoms with E-state index in [2.05, 4.69) is 35.5 Å². The van der Waals surface area contributed by atoms with Gasteiger partial charge in [-0.3, -0.25) is 5.10 Å². The first-order chi connectivity index (χ1) is 11.8. The SMILES string of the molecule is Clc1cccc(Nc2ncnc3[nH]nc(/N=C/c4nccs4)c23)c1. The van der Waals surface area contributed by atoms with Crippen LogP contribution in [-0.4, -0.2) is 31.4 Å². The summed E-state index contributed by atoms with van der Waals surface area (Å²) in [6.45, 7) is 0. The Morgan fingerprint density at radius 2 is 2.21 bits per heavy atom. The first-order valence-corrected chi connectivity index (χ1v) is 8.20. The smallest absolute Gasteiger partial charge is 0.187 e. The van der Waals surface area contributed by atoms with Gasteiger partial charge in [-0.05, 0) is 18.2 Å². The van der Waals surface area contributed by atoms with Gasteiger partial charge in [-0.15, -0.1) is 11.3 Å². The molecule has 0 radical (unpaired) electrons. The summed E-state index contributed by atoms with van der Waals surface area (Å²) in [5.41, 5.74) is 1.42. The molecule has 2 N–H and O–H groups in total. The average Bonchev–Trinajstić information content (AvgIpc) is 3.23. The van der Waals surface area contributed by atoms with Crippen molar-refractivity contribution in [2.75, 3.05) is 5.32 Å². The molecular weight excluding hydrogens is 346 g/mol. The van der Waals surface area contributed by atoms with Crippen molar-refractivity contribution in [2.45, 2.75) is 0 Å². The lowest BCUT2D eigenvalue weighted by Crippen LogP contribution is -1.95. The van der Waals surface area contributed by atoms with Gasteiger partial charge < -0.3 is 5.32 Å². The molecule has 3 aromatic heterocycles. The fourth-order valence-electron chi connectivity index (χ4n) is 2.15. The molecule has 0 spiro atoms. The van der Waals surface area contributed by atoms with Crippen molar-refractivity contribution in [3.63, 3.8) is 0 Å². The second kappa shape index (κ2) is 6.34. The minimum atomic E-state index is 0.491. The normalized spacial score (nSPS) is 11.4. The molecule has 0 aliphatic rings. The second-order valence-corrected chi connectivity index (χ2v) is 6.12. The van der Waals surface area contributed by atoms with Crippen molar-refractivity contribution in [1.82, 2.24) is 25.1 Å². The van der Waals surface area contributed by atoms with Crippen molar-refractivity contribution in [1.29, 1.82) is 0 Å². The third-order valence-corrected chi connectivity index (χ3v) is 4.12. The number of benzene rings is 1. The van der Waals surface area contributed by atoms with E-state index < -0.39 is 0 Å². The van der Waals surface area contributed by atoms with Crippen LogP contribution in [-0.2, 0) is 0 Å². The van der Waals surface area contributed by atoms with Gasteiger partial charge in [0, 0.05) is 22.3 Å². The van der Waals surface area contributed by atoms with Crippen LogP contribution in [0.5, 0.6) is 0 Å². The van der Waals surface area contributed by atoms with Crippen LogP contribution in [0.15, 0.2) is 47.2 Å². The third-order valence-electron chi connectivity index (χ3n) is 3.17. The highest BCUT2D eigenvalue weighted by Gasteiger charge is 2.12. The van der Waals surface area contributed by atoms with E-state index in [1.54, 1.807) is 12.4 Å². The van der Waals surface area contributed by atoms with E-state index in [0.717, 1.165) is 10.7 Å². The van der Waals surface area contributed by atoms with Gasteiger partial charge in [0.05, 0.1) is 6.21 Å². The summed E-state index contributed by atoms with van der Waals surface area (Å²) < 4.78 is 0. The number of rotatable bonds is 4. The number of fused-ring (bicyclic) bond motifs is 1. The Morgan fingerprint density at radius 3 is 3.04 bits per heavy atom. The summed E-state index contributed by atoms with van der Waals surface area (Å²) in [5.74, 6) is 1.09. The zero-order chi connectivity index (χ0) is 16.4. The van der Waals surface area contributed by atoms with Gasteiger partial charge in [0.1, 0.15) is 22.5 Å². The number of halogens is 1. The molecule has 7 nitrogen and oxygen atoms in total. The van der Waals surface area contributed by atoms with Gasteiger partial charge in [0.15, 0.2) is 11.5 Å². The van der Waals surface area contributed by atoms with E-state index in [-0.39, 0.29) is 0 Å². The average molecular weight is 356 g/mol. The summed E-state index contributed by atoms with van der Waals surface area (Å²) in [6.07, 6.45) is 4.85. The van der Waals surface area contributed by atoms with Crippen LogP contribution in [0.25, 0.3) is 11.0 Å². The molecule has 0 aliphatic carbocycles. The largest absolute Gasteiger partial charge is 0.339 e. The Labute approximate surface area is 145 Å². The Bertz CT molecular complexity index is 1010. The van der Waals surface area contributed by atoms with Crippen LogP contribution in [0.4, 0.5) is 17.3 Å². The minimum Gasteiger partial charge on any atom is -0.339 e. The Hall–Kier alpha value is -2.84. The van der Waals surface area contributed by atoms with E-state index >= 15 is 0 Å². The maximum absolute atomic E-state index is 6.03. The van der Waals surface area contributed by atoms with Crippen molar-refractivity contribution < 1.29 is 0 Å². The number of nitrogens with one attached hydrogen (secondary N) is 2. The van der Waals surface area contributed by atoms with Gasteiger partial charge in [-0.2, -0.15) is 5.10 Å². The van der Waals surface area contributed by atoms with Crippen LogP contribution in [0.1, 0.15) is 5.01 Å². The predicted octanol–water partition coefficient (Wildman–Crippen LogP) is 3.96. The molecule has 3 heterocycles. The van der Waals surface area contributed by atoms with Gasteiger partial charge in [0.2, 0.25) is 0 Å². The molecule has 0 unspecified atom stereocenters. The number of hydrogen-bond donors (Lipinski definition) is 2. The molecule has 0 atom stereocenters. The topological polar surface area (TPSA) is 91.7 Å². The highest BCUT2D eigenvalue weighted by molar-refractivity contribution is 7.11. The predicted molar refractivity (Wildman–Crippen MR) is 95.8 cm³/mol. The lowest BCUT2D eigenvalue weighted by Gasteiger charge is -2.06. The molecule has 0 aliphatic heterocycles. The van der Waals surface area contributed by atoms with Crippen molar-refractivity contribution >= 4 is 57.5 Å². The minimum absolute atomic E-state index is 0.491. The maximum Gasteiger partial charge on any atom is 0.187 e. The molecule has 0 saturated carbocycles. The second-order valence-electron chi connectivity index (χ2n) is 4.76. The molecule has 118 valence electrons. The van der Waals surface area contributed by atoms with Gasteiger partial charge in [-0.25, -0.2) is 19.9 Å². The standard InChI is InChI=1S/C15H10ClN7S/c16-9-2-1-3-10(6-9)21-13-12-14(18-7-11-17-4-5-24-11)22-23-15(12)20-8-19-13/h1-8H,(H2,19,20,21,22,23)/b18-7+. The van der Waals surface area contributed by atoms with Crippen LogP contribution in [0, 0.1) is 0 Å². The summed E-state index contributed by atoms with van der Waals surface area (Å²) in [4.78, 5) is 17.0. The lowest BCUT2D eigenvalue weighted by atomic mass is 10.3. The van der Waals surface area contributed by atoms with E-state index in [0.29, 0.717) is 27.7 Å². The van der Waals surface area contributed by atoms with E-state index in [1.807, 2.05) is 29.6 Å². The van der Waals surface area contributed by atoms with Gasteiger partial charge >= 0.3 is 0 Å². The number of thiazole rings is 1. The van der Waals surface area contributed by atoms with E-state index in [4.69, 9.17) is 11.6 Å². The van der Waals surface area contributed by atoms with Crippen molar-refractivity contribution in [3.8, 4) is 0 Å². The first-order valence-electron chi connectivity index (χ1n) is 6.95. The third kappa shape index (κ3) is 2.97. The molecule has 0 saturated heterocycles. The Morgan fingerprint density at radius 1 is 1.25 bits per heavy atom. The van der Waals surface area contributed by atoms with Crippen molar-refractivity contribution in [3.05, 3.63) is 52.2 Å². The van der Waals surface area contributed by atoms with E-state index in [9.17, 15) is 0 Å².